The van der Waals surface area contributed by atoms with E-state index in [0.717, 1.165) is 6.42 Å². The van der Waals surface area contributed by atoms with E-state index in [2.05, 4.69) is 15.3 Å². The first-order valence-corrected chi connectivity index (χ1v) is 5.05. The molecule has 1 atom stereocenters. The lowest BCUT2D eigenvalue weighted by Gasteiger charge is -2.11. The molecular formula is C9H15ClN4O. The summed E-state index contributed by atoms with van der Waals surface area (Å²) in [6, 6.07) is 0.0307. The Morgan fingerprint density at radius 3 is 3.13 bits per heavy atom. The second kappa shape index (κ2) is 6.55. The van der Waals surface area contributed by atoms with Gasteiger partial charge in [0.1, 0.15) is 17.2 Å². The van der Waals surface area contributed by atoms with Gasteiger partial charge in [-0.1, -0.05) is 11.6 Å². The zero-order valence-corrected chi connectivity index (χ0v) is 9.37. The molecule has 0 amide bonds. The molecular weight excluding hydrogens is 216 g/mol. The molecule has 0 aromatic carbocycles. The van der Waals surface area contributed by atoms with Crippen molar-refractivity contribution in [1.29, 1.82) is 0 Å². The molecule has 0 radical (unpaired) electrons. The molecule has 1 aromatic rings. The summed E-state index contributed by atoms with van der Waals surface area (Å²) in [5.74, 6) is 0.635. The van der Waals surface area contributed by atoms with E-state index in [9.17, 15) is 0 Å². The fraction of sp³-hybridized carbons (Fsp3) is 0.556. The summed E-state index contributed by atoms with van der Waals surface area (Å²) in [4.78, 5) is 7.78. The number of methoxy groups -OCH3 is 1. The number of rotatable bonds is 6. The molecule has 0 saturated heterocycles. The summed E-state index contributed by atoms with van der Waals surface area (Å²) in [6.45, 7) is 1.26. The number of halogens is 1. The third-order valence-electron chi connectivity index (χ3n) is 1.86. The highest BCUT2D eigenvalue weighted by Gasteiger charge is 2.03. The van der Waals surface area contributed by atoms with Gasteiger partial charge >= 0.3 is 0 Å². The number of nitrogens with zero attached hydrogens (tertiary/aromatic N) is 2. The van der Waals surface area contributed by atoms with Gasteiger partial charge in [-0.15, -0.1) is 0 Å². The van der Waals surface area contributed by atoms with E-state index < -0.39 is 0 Å². The minimum absolute atomic E-state index is 0.0307. The standard InChI is InChI=1S/C9H15ClN4O/c1-15-5-7(11)2-3-13-9-8(10)4-12-6-14-9/h4,6-7H,2-3,5,11H2,1H3,(H,12,13,14). The third kappa shape index (κ3) is 4.42. The predicted octanol–water partition coefficient (Wildman–Crippen LogP) is 0.906. The van der Waals surface area contributed by atoms with Crippen LogP contribution in [0.2, 0.25) is 5.02 Å². The van der Waals surface area contributed by atoms with E-state index >= 15 is 0 Å². The Hall–Kier alpha value is -0.910. The molecule has 1 heterocycles. The van der Waals surface area contributed by atoms with Gasteiger partial charge < -0.3 is 15.8 Å². The van der Waals surface area contributed by atoms with Crippen molar-refractivity contribution in [3.63, 3.8) is 0 Å². The first-order valence-electron chi connectivity index (χ1n) is 4.68. The molecule has 1 aromatic heterocycles. The summed E-state index contributed by atoms with van der Waals surface area (Å²) in [7, 11) is 1.63. The molecule has 0 fully saturated rings. The van der Waals surface area contributed by atoms with Crippen molar-refractivity contribution in [2.24, 2.45) is 5.73 Å². The van der Waals surface area contributed by atoms with E-state index in [0.29, 0.717) is 24.0 Å². The lowest BCUT2D eigenvalue weighted by Crippen LogP contribution is -2.28. The Balaban J connectivity index is 2.29. The Morgan fingerprint density at radius 1 is 1.67 bits per heavy atom. The maximum atomic E-state index is 5.86. The quantitative estimate of drug-likeness (QED) is 0.760. The van der Waals surface area contributed by atoms with Crippen LogP contribution in [-0.2, 0) is 4.74 Å². The van der Waals surface area contributed by atoms with Crippen molar-refractivity contribution >= 4 is 17.4 Å². The van der Waals surface area contributed by atoms with Gasteiger partial charge in [0.05, 0.1) is 12.8 Å². The van der Waals surface area contributed by atoms with Crippen LogP contribution >= 0.6 is 11.6 Å². The number of nitrogens with one attached hydrogen (secondary N) is 1. The fourth-order valence-corrected chi connectivity index (χ4v) is 1.29. The van der Waals surface area contributed by atoms with Crippen LogP contribution in [0.1, 0.15) is 6.42 Å². The molecule has 0 bridgehead atoms. The lowest BCUT2D eigenvalue weighted by atomic mass is 10.2. The summed E-state index contributed by atoms with van der Waals surface area (Å²) in [6.07, 6.45) is 3.80. The molecule has 0 saturated carbocycles. The molecule has 6 heteroatoms. The number of ether oxygens (including phenoxy) is 1. The van der Waals surface area contributed by atoms with Crippen LogP contribution in [0.25, 0.3) is 0 Å². The largest absolute Gasteiger partial charge is 0.383 e. The van der Waals surface area contributed by atoms with Gasteiger partial charge in [-0.2, -0.15) is 0 Å². The molecule has 0 spiro atoms. The highest BCUT2D eigenvalue weighted by atomic mass is 35.5. The maximum absolute atomic E-state index is 5.86. The van der Waals surface area contributed by atoms with Gasteiger partial charge in [0.25, 0.3) is 0 Å². The Morgan fingerprint density at radius 2 is 2.47 bits per heavy atom. The summed E-state index contributed by atoms with van der Waals surface area (Å²) < 4.78 is 4.93. The zero-order valence-electron chi connectivity index (χ0n) is 8.61. The van der Waals surface area contributed by atoms with Gasteiger partial charge in [0.2, 0.25) is 0 Å². The molecule has 0 aliphatic heterocycles. The van der Waals surface area contributed by atoms with Crippen molar-refractivity contribution in [2.45, 2.75) is 12.5 Å². The third-order valence-corrected chi connectivity index (χ3v) is 2.13. The first kappa shape index (κ1) is 12.2. The van der Waals surface area contributed by atoms with Crippen molar-refractivity contribution < 1.29 is 4.74 Å². The van der Waals surface area contributed by atoms with Gasteiger partial charge in [-0.25, -0.2) is 9.97 Å². The second-order valence-corrected chi connectivity index (χ2v) is 3.56. The molecule has 1 unspecified atom stereocenters. The molecule has 3 N–H and O–H groups in total. The lowest BCUT2D eigenvalue weighted by molar-refractivity contribution is 0.178. The SMILES string of the molecule is COCC(N)CCNc1ncncc1Cl. The average molecular weight is 231 g/mol. The topological polar surface area (TPSA) is 73.1 Å². The Kier molecular flexibility index (Phi) is 5.31. The van der Waals surface area contributed by atoms with E-state index in [1.54, 1.807) is 13.3 Å². The Bertz CT molecular complexity index is 297. The minimum atomic E-state index is 0.0307. The number of nitrogens with two attached hydrogens (primary N) is 1. The van der Waals surface area contributed by atoms with E-state index in [4.69, 9.17) is 22.1 Å². The number of hydrogen-bond donors (Lipinski definition) is 2. The van der Waals surface area contributed by atoms with Crippen molar-refractivity contribution in [2.75, 3.05) is 25.6 Å². The van der Waals surface area contributed by atoms with Gasteiger partial charge in [0.15, 0.2) is 0 Å². The van der Waals surface area contributed by atoms with Crippen LogP contribution in [0, 0.1) is 0 Å². The van der Waals surface area contributed by atoms with Crippen LogP contribution in [0.3, 0.4) is 0 Å². The monoisotopic (exact) mass is 230 g/mol. The second-order valence-electron chi connectivity index (χ2n) is 3.15. The van der Waals surface area contributed by atoms with Gasteiger partial charge in [0, 0.05) is 19.7 Å². The normalized spacial score (nSPS) is 12.5. The summed E-state index contributed by atoms with van der Waals surface area (Å²) >= 11 is 5.86. The molecule has 5 nitrogen and oxygen atoms in total. The van der Waals surface area contributed by atoms with Crippen LogP contribution in [0.15, 0.2) is 12.5 Å². The predicted molar refractivity (Wildman–Crippen MR) is 60.0 cm³/mol. The molecule has 1 rings (SSSR count). The van der Waals surface area contributed by atoms with Crippen molar-refractivity contribution in [3.05, 3.63) is 17.5 Å². The van der Waals surface area contributed by atoms with E-state index in [1.165, 1.54) is 6.33 Å². The Labute approximate surface area is 94.0 Å². The van der Waals surface area contributed by atoms with E-state index in [-0.39, 0.29) is 6.04 Å². The average Bonchev–Trinajstić information content (AvgIpc) is 2.21. The molecule has 0 aliphatic rings. The molecule has 0 aliphatic carbocycles. The summed E-state index contributed by atoms with van der Waals surface area (Å²) in [5.41, 5.74) is 5.76. The van der Waals surface area contributed by atoms with Crippen LogP contribution < -0.4 is 11.1 Å². The first-order chi connectivity index (χ1) is 7.24. The van der Waals surface area contributed by atoms with Crippen LogP contribution in [-0.4, -0.2) is 36.3 Å². The zero-order chi connectivity index (χ0) is 11.1. The number of hydrogen-bond acceptors (Lipinski definition) is 5. The highest BCUT2D eigenvalue weighted by molar-refractivity contribution is 6.32. The van der Waals surface area contributed by atoms with Gasteiger partial charge in [-0.3, -0.25) is 0 Å². The van der Waals surface area contributed by atoms with Crippen molar-refractivity contribution in [1.82, 2.24) is 9.97 Å². The van der Waals surface area contributed by atoms with E-state index in [1.807, 2.05) is 0 Å². The molecule has 15 heavy (non-hydrogen) atoms. The smallest absolute Gasteiger partial charge is 0.148 e. The van der Waals surface area contributed by atoms with Crippen molar-refractivity contribution in [3.8, 4) is 0 Å². The highest BCUT2D eigenvalue weighted by Crippen LogP contribution is 2.15. The number of anilines is 1. The fourth-order valence-electron chi connectivity index (χ4n) is 1.12. The van der Waals surface area contributed by atoms with Crippen LogP contribution in [0.4, 0.5) is 5.82 Å². The minimum Gasteiger partial charge on any atom is -0.383 e. The summed E-state index contributed by atoms with van der Waals surface area (Å²) in [5, 5.41) is 3.60. The molecule has 84 valence electrons. The van der Waals surface area contributed by atoms with Crippen LogP contribution in [0.5, 0.6) is 0 Å². The maximum Gasteiger partial charge on any atom is 0.148 e. The number of aromatic nitrogens is 2. The van der Waals surface area contributed by atoms with Gasteiger partial charge in [-0.05, 0) is 6.42 Å².